The first-order valence-corrected chi connectivity index (χ1v) is 6.15. The van der Waals surface area contributed by atoms with Crippen molar-refractivity contribution in [2.75, 3.05) is 0 Å². The standard InChI is InChI=1S/C16H12O4/c17-9-10-6-7-13-12(8-10)14(16(18)19)15(20-13)11-4-2-1-3-5-11/h1-8,17H,9H2,(H,18,19). The molecule has 0 aliphatic rings. The number of rotatable bonds is 3. The number of carbonyl (C=O) groups is 1. The second-order valence-electron chi connectivity index (χ2n) is 4.47. The van der Waals surface area contributed by atoms with Crippen molar-refractivity contribution < 1.29 is 19.4 Å². The molecule has 1 heterocycles. The Morgan fingerprint density at radius 1 is 1.10 bits per heavy atom. The number of hydrogen-bond acceptors (Lipinski definition) is 3. The van der Waals surface area contributed by atoms with Gasteiger partial charge in [-0.15, -0.1) is 0 Å². The number of furan rings is 1. The summed E-state index contributed by atoms with van der Waals surface area (Å²) in [6.45, 7) is -0.138. The van der Waals surface area contributed by atoms with Gasteiger partial charge in [0.05, 0.1) is 6.61 Å². The summed E-state index contributed by atoms with van der Waals surface area (Å²) in [6, 6.07) is 14.2. The fourth-order valence-corrected chi connectivity index (χ4v) is 2.25. The zero-order chi connectivity index (χ0) is 14.1. The molecular formula is C16H12O4. The summed E-state index contributed by atoms with van der Waals surface area (Å²) in [5.41, 5.74) is 1.99. The van der Waals surface area contributed by atoms with E-state index in [1.54, 1.807) is 30.3 Å². The zero-order valence-corrected chi connectivity index (χ0v) is 10.5. The van der Waals surface area contributed by atoms with E-state index in [4.69, 9.17) is 4.42 Å². The van der Waals surface area contributed by atoms with E-state index >= 15 is 0 Å². The highest BCUT2D eigenvalue weighted by Gasteiger charge is 2.21. The Kier molecular flexibility index (Phi) is 3.00. The monoisotopic (exact) mass is 268 g/mol. The van der Waals surface area contributed by atoms with Crippen LogP contribution in [0.15, 0.2) is 52.9 Å². The molecule has 2 aromatic carbocycles. The maximum Gasteiger partial charge on any atom is 0.340 e. The molecule has 0 saturated heterocycles. The molecular weight excluding hydrogens is 256 g/mol. The van der Waals surface area contributed by atoms with Crippen molar-refractivity contribution in [2.24, 2.45) is 0 Å². The first-order chi connectivity index (χ1) is 9.70. The summed E-state index contributed by atoms with van der Waals surface area (Å²) in [5.74, 6) is -0.708. The predicted molar refractivity (Wildman–Crippen MR) is 74.5 cm³/mol. The Labute approximate surface area is 114 Å². The van der Waals surface area contributed by atoms with Gasteiger partial charge in [-0.2, -0.15) is 0 Å². The lowest BCUT2D eigenvalue weighted by atomic mass is 10.0. The summed E-state index contributed by atoms with van der Waals surface area (Å²) >= 11 is 0. The number of carboxylic acids is 1. The Bertz CT molecular complexity index is 772. The van der Waals surface area contributed by atoms with E-state index < -0.39 is 5.97 Å². The van der Waals surface area contributed by atoms with Gasteiger partial charge in [0.15, 0.2) is 0 Å². The van der Waals surface area contributed by atoms with Crippen molar-refractivity contribution in [1.29, 1.82) is 0 Å². The average Bonchev–Trinajstić information content (AvgIpc) is 2.86. The summed E-state index contributed by atoms with van der Waals surface area (Å²) in [5, 5.41) is 19.1. The molecule has 20 heavy (non-hydrogen) atoms. The first kappa shape index (κ1) is 12.4. The molecule has 0 atom stereocenters. The normalized spacial score (nSPS) is 10.8. The van der Waals surface area contributed by atoms with Gasteiger partial charge in [-0.1, -0.05) is 36.4 Å². The molecule has 3 rings (SSSR count). The van der Waals surface area contributed by atoms with Gasteiger partial charge in [0.25, 0.3) is 0 Å². The third-order valence-electron chi connectivity index (χ3n) is 3.18. The maximum atomic E-state index is 11.5. The molecule has 0 fully saturated rings. The van der Waals surface area contributed by atoms with Gasteiger partial charge in [0, 0.05) is 10.9 Å². The molecule has 4 nitrogen and oxygen atoms in total. The minimum Gasteiger partial charge on any atom is -0.478 e. The van der Waals surface area contributed by atoms with Crippen LogP contribution in [0.3, 0.4) is 0 Å². The number of carboxylic acid groups (broad SMARTS) is 1. The van der Waals surface area contributed by atoms with Crippen LogP contribution in [0.5, 0.6) is 0 Å². The fourth-order valence-electron chi connectivity index (χ4n) is 2.25. The number of aliphatic hydroxyl groups excluding tert-OH is 1. The summed E-state index contributed by atoms with van der Waals surface area (Å²) in [4.78, 5) is 11.5. The number of hydrogen-bond donors (Lipinski definition) is 2. The maximum absolute atomic E-state index is 11.5. The van der Waals surface area contributed by atoms with Gasteiger partial charge in [-0.3, -0.25) is 0 Å². The minimum atomic E-state index is -1.04. The van der Waals surface area contributed by atoms with E-state index in [2.05, 4.69) is 0 Å². The third-order valence-corrected chi connectivity index (χ3v) is 3.18. The molecule has 0 unspecified atom stereocenters. The lowest BCUT2D eigenvalue weighted by molar-refractivity contribution is 0.0699. The topological polar surface area (TPSA) is 70.7 Å². The van der Waals surface area contributed by atoms with Crippen LogP contribution < -0.4 is 0 Å². The van der Waals surface area contributed by atoms with Gasteiger partial charge in [0.1, 0.15) is 16.9 Å². The molecule has 1 aromatic heterocycles. The van der Waals surface area contributed by atoms with E-state index in [9.17, 15) is 15.0 Å². The van der Waals surface area contributed by atoms with E-state index in [1.165, 1.54) is 0 Å². The van der Waals surface area contributed by atoms with Crippen LogP contribution in [-0.2, 0) is 6.61 Å². The molecule has 0 spiro atoms. The molecule has 0 saturated carbocycles. The molecule has 4 heteroatoms. The van der Waals surface area contributed by atoms with Crippen molar-refractivity contribution >= 4 is 16.9 Å². The largest absolute Gasteiger partial charge is 0.478 e. The first-order valence-electron chi connectivity index (χ1n) is 6.15. The van der Waals surface area contributed by atoms with Crippen LogP contribution in [-0.4, -0.2) is 16.2 Å². The Hall–Kier alpha value is -2.59. The van der Waals surface area contributed by atoms with E-state index in [-0.39, 0.29) is 12.2 Å². The Balaban J connectivity index is 2.32. The molecule has 3 aromatic rings. The summed E-state index contributed by atoms with van der Waals surface area (Å²) in [7, 11) is 0. The quantitative estimate of drug-likeness (QED) is 0.764. The second kappa shape index (κ2) is 4.83. The molecule has 0 radical (unpaired) electrons. The average molecular weight is 268 g/mol. The van der Waals surface area contributed by atoms with Crippen LogP contribution >= 0.6 is 0 Å². The predicted octanol–water partition coefficient (Wildman–Crippen LogP) is 3.29. The molecule has 0 aliphatic carbocycles. The van der Waals surface area contributed by atoms with Crippen molar-refractivity contribution in [1.82, 2.24) is 0 Å². The van der Waals surface area contributed by atoms with Crippen molar-refractivity contribution in [3.8, 4) is 11.3 Å². The van der Waals surface area contributed by atoms with Crippen LogP contribution in [0.1, 0.15) is 15.9 Å². The van der Waals surface area contributed by atoms with Crippen molar-refractivity contribution in [3.05, 3.63) is 59.7 Å². The van der Waals surface area contributed by atoms with Crippen molar-refractivity contribution in [2.45, 2.75) is 6.61 Å². The number of aromatic carboxylic acids is 1. The van der Waals surface area contributed by atoms with Crippen LogP contribution in [0.25, 0.3) is 22.3 Å². The molecule has 0 aliphatic heterocycles. The van der Waals surface area contributed by atoms with Gasteiger partial charge >= 0.3 is 5.97 Å². The molecule has 100 valence electrons. The lowest BCUT2D eigenvalue weighted by Crippen LogP contribution is -1.97. The Morgan fingerprint density at radius 3 is 2.50 bits per heavy atom. The number of fused-ring (bicyclic) bond motifs is 1. The second-order valence-corrected chi connectivity index (χ2v) is 4.47. The Morgan fingerprint density at radius 2 is 1.85 bits per heavy atom. The van der Waals surface area contributed by atoms with Gasteiger partial charge in [0.2, 0.25) is 0 Å². The van der Waals surface area contributed by atoms with Gasteiger partial charge in [-0.25, -0.2) is 4.79 Å². The third kappa shape index (κ3) is 1.96. The number of aliphatic hydroxyl groups is 1. The highest BCUT2D eigenvalue weighted by atomic mass is 16.4. The van der Waals surface area contributed by atoms with Crippen LogP contribution in [0.2, 0.25) is 0 Å². The zero-order valence-electron chi connectivity index (χ0n) is 10.5. The SMILES string of the molecule is O=C(O)c1c(-c2ccccc2)oc2ccc(CO)cc12. The van der Waals surface area contributed by atoms with Crippen molar-refractivity contribution in [3.63, 3.8) is 0 Å². The van der Waals surface area contributed by atoms with E-state index in [1.807, 2.05) is 18.2 Å². The van der Waals surface area contributed by atoms with E-state index in [0.29, 0.717) is 27.9 Å². The minimum absolute atomic E-state index is 0.126. The molecule has 0 bridgehead atoms. The smallest absolute Gasteiger partial charge is 0.340 e. The van der Waals surface area contributed by atoms with Gasteiger partial charge < -0.3 is 14.6 Å². The molecule has 2 N–H and O–H groups in total. The molecule has 0 amide bonds. The highest BCUT2D eigenvalue weighted by Crippen LogP contribution is 2.34. The van der Waals surface area contributed by atoms with E-state index in [0.717, 1.165) is 0 Å². The lowest BCUT2D eigenvalue weighted by Gasteiger charge is -1.98. The highest BCUT2D eigenvalue weighted by molar-refractivity contribution is 6.08. The summed E-state index contributed by atoms with van der Waals surface area (Å²) < 4.78 is 5.68. The fraction of sp³-hybridized carbons (Fsp3) is 0.0625. The summed E-state index contributed by atoms with van der Waals surface area (Å²) in [6.07, 6.45) is 0. The van der Waals surface area contributed by atoms with Gasteiger partial charge in [-0.05, 0) is 17.7 Å². The van der Waals surface area contributed by atoms with Crippen LogP contribution in [0, 0.1) is 0 Å². The number of benzene rings is 2. The van der Waals surface area contributed by atoms with Crippen LogP contribution in [0.4, 0.5) is 0 Å².